The van der Waals surface area contributed by atoms with Gasteiger partial charge in [0, 0.05) is 11.3 Å². The molecule has 1 aromatic carbocycles. The van der Waals surface area contributed by atoms with Crippen LogP contribution >= 0.6 is 0 Å². The van der Waals surface area contributed by atoms with Crippen LogP contribution in [0.5, 0.6) is 0 Å². The summed E-state index contributed by atoms with van der Waals surface area (Å²) < 4.78 is 18.8. The molecular formula is C8H9NO3S. The van der Waals surface area contributed by atoms with E-state index >= 15 is 0 Å². The van der Waals surface area contributed by atoms with E-state index < -0.39 is 11.1 Å². The topological polar surface area (TPSA) is 66.4 Å². The molecule has 0 saturated carbocycles. The van der Waals surface area contributed by atoms with Crippen LogP contribution in [0, 0.1) is 0 Å². The van der Waals surface area contributed by atoms with Crippen molar-refractivity contribution in [2.24, 2.45) is 0 Å². The second-order valence-electron chi connectivity index (χ2n) is 2.39. The Morgan fingerprint density at radius 3 is 2.92 bits per heavy atom. The van der Waals surface area contributed by atoms with E-state index in [1.165, 1.54) is 0 Å². The largest absolute Gasteiger partial charge is 0.372 e. The van der Waals surface area contributed by atoms with Crippen LogP contribution in [0.25, 0.3) is 0 Å². The third-order valence-electron chi connectivity index (χ3n) is 1.42. The molecule has 1 atom stereocenters. The van der Waals surface area contributed by atoms with E-state index in [0.29, 0.717) is 11.3 Å². The van der Waals surface area contributed by atoms with Crippen molar-refractivity contribution in [1.29, 1.82) is 0 Å². The molecule has 0 spiro atoms. The van der Waals surface area contributed by atoms with Crippen molar-refractivity contribution in [3.8, 4) is 0 Å². The van der Waals surface area contributed by atoms with Gasteiger partial charge in [0.05, 0.1) is 0 Å². The number of hydrogen-bond donors (Lipinski definition) is 2. The van der Waals surface area contributed by atoms with Crippen LogP contribution in [-0.4, -0.2) is 20.9 Å². The maximum absolute atomic E-state index is 10.4. The summed E-state index contributed by atoms with van der Waals surface area (Å²) in [6, 6.07) is 6.69. The number of hydrogen-bond acceptors (Lipinski definition) is 3. The first-order chi connectivity index (χ1) is 6.22. The summed E-state index contributed by atoms with van der Waals surface area (Å²) in [5, 5.41) is 2.71. The van der Waals surface area contributed by atoms with Gasteiger partial charge in [-0.1, -0.05) is 12.1 Å². The van der Waals surface area contributed by atoms with Crippen molar-refractivity contribution in [3.05, 3.63) is 29.8 Å². The second-order valence-corrected chi connectivity index (χ2v) is 3.32. The number of carbonyl (C=O) groups is 1. The van der Waals surface area contributed by atoms with Crippen LogP contribution in [0.2, 0.25) is 0 Å². The fourth-order valence-electron chi connectivity index (χ4n) is 0.867. The molecule has 13 heavy (non-hydrogen) atoms. The molecule has 2 N–H and O–H groups in total. The van der Waals surface area contributed by atoms with Gasteiger partial charge in [0.25, 0.3) is 0 Å². The average Bonchev–Trinajstić information content (AvgIpc) is 2.15. The lowest BCUT2D eigenvalue weighted by Crippen LogP contribution is -2.06. The van der Waals surface area contributed by atoms with Gasteiger partial charge in [-0.3, -0.25) is 4.79 Å². The van der Waals surface area contributed by atoms with Crippen LogP contribution in [0.15, 0.2) is 24.3 Å². The fraction of sp³-hybridized carbons (Fsp3) is 0.125. The van der Waals surface area contributed by atoms with Gasteiger partial charge >= 0.3 is 0 Å². The van der Waals surface area contributed by atoms with E-state index in [9.17, 15) is 9.00 Å². The van der Waals surface area contributed by atoms with Crippen LogP contribution in [0.1, 0.15) is 10.4 Å². The Morgan fingerprint density at radius 2 is 2.31 bits per heavy atom. The van der Waals surface area contributed by atoms with Gasteiger partial charge in [0.2, 0.25) is 0 Å². The first-order valence-corrected chi connectivity index (χ1v) is 4.86. The summed E-state index contributed by atoms with van der Waals surface area (Å²) in [7, 11) is 0. The summed E-state index contributed by atoms with van der Waals surface area (Å²) in [6.07, 6.45) is 0.723. The standard InChI is InChI=1S/C8H9NO3S/c10-5-7-2-1-3-8(4-7)9-6-13(11)12/h1-5,9H,6H2,(H,11,12). The Kier molecular flexibility index (Phi) is 3.60. The summed E-state index contributed by atoms with van der Waals surface area (Å²) in [5.41, 5.74) is 1.20. The second kappa shape index (κ2) is 4.74. The molecule has 70 valence electrons. The number of benzene rings is 1. The molecule has 0 bridgehead atoms. The third kappa shape index (κ3) is 3.35. The maximum Gasteiger partial charge on any atom is 0.172 e. The lowest BCUT2D eigenvalue weighted by Gasteiger charge is -2.02. The molecule has 0 fully saturated rings. The lowest BCUT2D eigenvalue weighted by molar-refractivity contribution is 0.112. The molecule has 0 heterocycles. The number of aldehydes is 1. The van der Waals surface area contributed by atoms with Crippen molar-refractivity contribution in [1.82, 2.24) is 0 Å². The molecule has 0 saturated heterocycles. The highest BCUT2D eigenvalue weighted by atomic mass is 32.2. The quantitative estimate of drug-likeness (QED) is 0.562. The Bertz CT molecular complexity index is 327. The summed E-state index contributed by atoms with van der Waals surface area (Å²) in [5.74, 6) is -0.0394. The molecule has 1 unspecified atom stereocenters. The average molecular weight is 199 g/mol. The minimum atomic E-state index is -1.87. The number of rotatable bonds is 4. The molecule has 0 aromatic heterocycles. The van der Waals surface area contributed by atoms with E-state index in [1.54, 1.807) is 24.3 Å². The maximum atomic E-state index is 10.4. The van der Waals surface area contributed by atoms with Crippen molar-refractivity contribution < 1.29 is 13.6 Å². The first-order valence-electron chi connectivity index (χ1n) is 3.59. The van der Waals surface area contributed by atoms with Crippen molar-refractivity contribution >= 4 is 23.1 Å². The van der Waals surface area contributed by atoms with Gasteiger partial charge in [-0.25, -0.2) is 4.21 Å². The summed E-state index contributed by atoms with van der Waals surface area (Å²) in [4.78, 5) is 10.4. The smallest absolute Gasteiger partial charge is 0.172 e. The Hall–Kier alpha value is -1.20. The molecule has 5 heteroatoms. The normalized spacial score (nSPS) is 12.1. The molecule has 0 aliphatic heterocycles. The number of nitrogens with one attached hydrogen (secondary N) is 1. The van der Waals surface area contributed by atoms with E-state index in [1.807, 2.05) is 0 Å². The van der Waals surface area contributed by atoms with E-state index in [4.69, 9.17) is 4.55 Å². The highest BCUT2D eigenvalue weighted by molar-refractivity contribution is 7.79. The highest BCUT2D eigenvalue weighted by Crippen LogP contribution is 2.08. The Labute approximate surface area is 78.3 Å². The Balaban J connectivity index is 2.66. The van der Waals surface area contributed by atoms with Crippen molar-refractivity contribution in [3.63, 3.8) is 0 Å². The number of anilines is 1. The summed E-state index contributed by atoms with van der Waals surface area (Å²) in [6.45, 7) is 0. The van der Waals surface area contributed by atoms with Crippen LogP contribution in [0.3, 0.4) is 0 Å². The van der Waals surface area contributed by atoms with Crippen LogP contribution < -0.4 is 5.32 Å². The third-order valence-corrected chi connectivity index (χ3v) is 1.81. The molecule has 0 aliphatic rings. The molecular weight excluding hydrogens is 190 g/mol. The van der Waals surface area contributed by atoms with Gasteiger partial charge in [0.15, 0.2) is 11.1 Å². The first kappa shape index (κ1) is 9.88. The molecule has 4 nitrogen and oxygen atoms in total. The zero-order valence-electron chi connectivity index (χ0n) is 6.77. The van der Waals surface area contributed by atoms with E-state index in [-0.39, 0.29) is 5.88 Å². The zero-order chi connectivity index (χ0) is 9.68. The van der Waals surface area contributed by atoms with Crippen LogP contribution in [-0.2, 0) is 11.1 Å². The van der Waals surface area contributed by atoms with Gasteiger partial charge in [-0.05, 0) is 12.1 Å². The molecule has 0 aliphatic carbocycles. The predicted molar refractivity (Wildman–Crippen MR) is 51.1 cm³/mol. The van der Waals surface area contributed by atoms with Crippen molar-refractivity contribution in [2.45, 2.75) is 0 Å². The fourth-order valence-corrected chi connectivity index (χ4v) is 1.16. The van der Waals surface area contributed by atoms with Gasteiger partial charge < -0.3 is 9.87 Å². The van der Waals surface area contributed by atoms with Gasteiger partial charge in [0.1, 0.15) is 12.2 Å². The lowest BCUT2D eigenvalue weighted by atomic mass is 10.2. The van der Waals surface area contributed by atoms with Crippen LogP contribution in [0.4, 0.5) is 5.69 Å². The molecule has 0 radical (unpaired) electrons. The SMILES string of the molecule is O=Cc1cccc(NCS(=O)O)c1. The monoisotopic (exact) mass is 199 g/mol. The van der Waals surface area contributed by atoms with Crippen molar-refractivity contribution in [2.75, 3.05) is 11.2 Å². The molecule has 1 rings (SSSR count). The Morgan fingerprint density at radius 1 is 1.54 bits per heavy atom. The molecule has 1 aromatic rings. The highest BCUT2D eigenvalue weighted by Gasteiger charge is 1.95. The van der Waals surface area contributed by atoms with Gasteiger partial charge in [-0.15, -0.1) is 0 Å². The minimum Gasteiger partial charge on any atom is -0.372 e. The number of carbonyl (C=O) groups excluding carboxylic acids is 1. The van der Waals surface area contributed by atoms with Gasteiger partial charge in [-0.2, -0.15) is 0 Å². The van der Waals surface area contributed by atoms with E-state index in [2.05, 4.69) is 5.32 Å². The van der Waals surface area contributed by atoms with E-state index in [0.717, 1.165) is 6.29 Å². The predicted octanol–water partition coefficient (Wildman–Crippen LogP) is 1.09. The minimum absolute atomic E-state index is 0.0394. The zero-order valence-corrected chi connectivity index (χ0v) is 7.58. The molecule has 0 amide bonds. The summed E-state index contributed by atoms with van der Waals surface area (Å²) >= 11 is -1.87.